The molecule has 0 amide bonds. The fraction of sp³-hybridized carbons (Fsp3) is 0.143. The lowest BCUT2D eigenvalue weighted by atomic mass is 9.98. The Bertz CT molecular complexity index is 649. The van der Waals surface area contributed by atoms with Gasteiger partial charge in [-0.1, -0.05) is 17.7 Å². The van der Waals surface area contributed by atoms with E-state index in [1.54, 1.807) is 19.2 Å². The van der Waals surface area contributed by atoms with Crippen LogP contribution < -0.4 is 5.32 Å². The van der Waals surface area contributed by atoms with Crippen molar-refractivity contribution in [1.29, 1.82) is 0 Å². The average Bonchev–Trinajstić information content (AvgIpc) is 2.40. The quantitative estimate of drug-likeness (QED) is 0.645. The van der Waals surface area contributed by atoms with Gasteiger partial charge in [-0.3, -0.25) is 0 Å². The van der Waals surface area contributed by atoms with Crippen LogP contribution >= 0.6 is 43.5 Å². The normalized spacial score (nSPS) is 12.5. The van der Waals surface area contributed by atoms with E-state index in [-0.39, 0.29) is 0 Å². The molecule has 0 aromatic heterocycles. The zero-order valence-corrected chi connectivity index (χ0v) is 14.3. The molecule has 20 heavy (non-hydrogen) atoms. The SMILES string of the molecule is CNC(c1ccc(Br)c(F)c1)c1cc(Cl)c(Br)cc1F. The summed E-state index contributed by atoms with van der Waals surface area (Å²) < 4.78 is 28.6. The predicted octanol–water partition coefficient (Wildman–Crippen LogP) is 5.45. The van der Waals surface area contributed by atoms with E-state index in [9.17, 15) is 8.78 Å². The fourth-order valence-corrected chi connectivity index (χ4v) is 2.69. The summed E-state index contributed by atoms with van der Waals surface area (Å²) in [5.74, 6) is -0.810. The molecule has 106 valence electrons. The van der Waals surface area contributed by atoms with Crippen molar-refractivity contribution in [3.05, 3.63) is 67.1 Å². The minimum atomic E-state index is -0.483. The summed E-state index contributed by atoms with van der Waals surface area (Å²) in [7, 11) is 1.68. The van der Waals surface area contributed by atoms with Crippen LogP contribution in [0.4, 0.5) is 8.78 Å². The third-order valence-electron chi connectivity index (χ3n) is 2.92. The second-order valence-corrected chi connectivity index (χ2v) is 6.30. The molecule has 2 aromatic carbocycles. The molecule has 2 rings (SSSR count). The van der Waals surface area contributed by atoms with Gasteiger partial charge in [0.25, 0.3) is 0 Å². The van der Waals surface area contributed by atoms with Crippen molar-refractivity contribution in [3.63, 3.8) is 0 Å². The summed E-state index contributed by atoms with van der Waals surface area (Å²) in [5.41, 5.74) is 0.980. The molecule has 1 atom stereocenters. The Kier molecular flexibility index (Phi) is 5.18. The van der Waals surface area contributed by atoms with Crippen molar-refractivity contribution in [1.82, 2.24) is 5.32 Å². The van der Waals surface area contributed by atoms with Crippen molar-refractivity contribution in [3.8, 4) is 0 Å². The van der Waals surface area contributed by atoms with Gasteiger partial charge >= 0.3 is 0 Å². The standard InChI is InChI=1S/C14H10Br2ClF2N/c1-20-14(7-2-3-9(15)13(19)4-7)8-5-11(17)10(16)6-12(8)18/h2-6,14,20H,1H3. The van der Waals surface area contributed by atoms with Gasteiger partial charge in [-0.25, -0.2) is 8.78 Å². The largest absolute Gasteiger partial charge is 0.309 e. The van der Waals surface area contributed by atoms with Crippen LogP contribution in [0.5, 0.6) is 0 Å². The fourth-order valence-electron chi connectivity index (χ4n) is 1.95. The van der Waals surface area contributed by atoms with Crippen molar-refractivity contribution in [2.75, 3.05) is 7.05 Å². The van der Waals surface area contributed by atoms with Crippen LogP contribution in [-0.4, -0.2) is 7.05 Å². The number of rotatable bonds is 3. The Hall–Kier alpha value is -0.490. The molecule has 0 heterocycles. The molecular weight excluding hydrogens is 415 g/mol. The van der Waals surface area contributed by atoms with Gasteiger partial charge in [-0.2, -0.15) is 0 Å². The molecule has 0 aliphatic rings. The molecule has 0 fully saturated rings. The Morgan fingerprint density at radius 1 is 1.05 bits per heavy atom. The monoisotopic (exact) mass is 423 g/mol. The van der Waals surface area contributed by atoms with Gasteiger partial charge in [-0.15, -0.1) is 0 Å². The summed E-state index contributed by atoms with van der Waals surface area (Å²) >= 11 is 12.3. The third-order valence-corrected chi connectivity index (χ3v) is 4.76. The van der Waals surface area contributed by atoms with Crippen LogP contribution in [-0.2, 0) is 0 Å². The van der Waals surface area contributed by atoms with Gasteiger partial charge in [0.2, 0.25) is 0 Å². The van der Waals surface area contributed by atoms with Gasteiger partial charge in [0, 0.05) is 10.0 Å². The molecule has 0 bridgehead atoms. The lowest BCUT2D eigenvalue weighted by Gasteiger charge is -2.19. The molecule has 2 aromatic rings. The highest BCUT2D eigenvalue weighted by molar-refractivity contribution is 9.10. The number of halogens is 5. The number of benzene rings is 2. The van der Waals surface area contributed by atoms with Crippen molar-refractivity contribution < 1.29 is 8.78 Å². The Morgan fingerprint density at radius 2 is 1.75 bits per heavy atom. The molecule has 6 heteroatoms. The molecule has 1 N–H and O–H groups in total. The number of nitrogens with one attached hydrogen (secondary N) is 1. The van der Waals surface area contributed by atoms with Crippen molar-refractivity contribution >= 4 is 43.5 Å². The minimum Gasteiger partial charge on any atom is -0.309 e. The van der Waals surface area contributed by atoms with E-state index in [1.165, 1.54) is 18.2 Å². The first-order valence-electron chi connectivity index (χ1n) is 5.70. The lowest BCUT2D eigenvalue weighted by molar-refractivity contribution is 0.570. The number of hydrogen-bond donors (Lipinski definition) is 1. The summed E-state index contributed by atoms with van der Waals surface area (Å²) in [6.45, 7) is 0. The lowest BCUT2D eigenvalue weighted by Crippen LogP contribution is -2.19. The van der Waals surface area contributed by atoms with Gasteiger partial charge in [0.1, 0.15) is 11.6 Å². The van der Waals surface area contributed by atoms with Crippen LogP contribution in [0.3, 0.4) is 0 Å². The zero-order valence-electron chi connectivity index (χ0n) is 10.4. The second kappa shape index (κ2) is 6.52. The maximum atomic E-state index is 14.1. The van der Waals surface area contributed by atoms with E-state index in [4.69, 9.17) is 11.6 Å². The molecular formula is C14H10Br2ClF2N. The van der Waals surface area contributed by atoms with E-state index in [0.29, 0.717) is 25.1 Å². The molecule has 0 aliphatic carbocycles. The molecule has 0 saturated carbocycles. The highest BCUT2D eigenvalue weighted by atomic mass is 79.9. The summed E-state index contributed by atoms with van der Waals surface area (Å²) in [5, 5.41) is 3.37. The van der Waals surface area contributed by atoms with E-state index in [0.717, 1.165) is 0 Å². The topological polar surface area (TPSA) is 12.0 Å². The van der Waals surface area contributed by atoms with Crippen molar-refractivity contribution in [2.45, 2.75) is 6.04 Å². The van der Waals surface area contributed by atoms with Crippen LogP contribution in [0, 0.1) is 11.6 Å². The maximum Gasteiger partial charge on any atom is 0.137 e. The van der Waals surface area contributed by atoms with Crippen LogP contribution in [0.1, 0.15) is 17.2 Å². The van der Waals surface area contributed by atoms with Gasteiger partial charge in [-0.05, 0) is 68.7 Å². The summed E-state index contributed by atoms with van der Waals surface area (Å²) in [6.07, 6.45) is 0. The van der Waals surface area contributed by atoms with Gasteiger partial charge in [0.15, 0.2) is 0 Å². The van der Waals surface area contributed by atoms with Crippen LogP contribution in [0.25, 0.3) is 0 Å². The minimum absolute atomic E-state index is 0.363. The molecule has 0 aliphatic heterocycles. The highest BCUT2D eigenvalue weighted by Crippen LogP contribution is 2.32. The Labute approximate surface area is 137 Å². The first kappa shape index (κ1) is 15.9. The third kappa shape index (κ3) is 3.22. The number of hydrogen-bond acceptors (Lipinski definition) is 1. The van der Waals surface area contributed by atoms with Gasteiger partial charge in [0.05, 0.1) is 15.5 Å². The molecule has 1 unspecified atom stereocenters. The second-order valence-electron chi connectivity index (χ2n) is 4.18. The van der Waals surface area contributed by atoms with Crippen LogP contribution in [0.15, 0.2) is 39.3 Å². The summed E-state index contributed by atoms with van der Waals surface area (Å²) in [6, 6.07) is 7.03. The first-order chi connectivity index (χ1) is 9.43. The molecule has 0 saturated heterocycles. The van der Waals surface area contributed by atoms with Crippen LogP contribution in [0.2, 0.25) is 5.02 Å². The highest BCUT2D eigenvalue weighted by Gasteiger charge is 2.19. The van der Waals surface area contributed by atoms with E-state index >= 15 is 0 Å². The van der Waals surface area contributed by atoms with Gasteiger partial charge < -0.3 is 5.32 Å². The predicted molar refractivity (Wildman–Crippen MR) is 84.1 cm³/mol. The molecule has 0 spiro atoms. The Balaban J connectivity index is 2.52. The van der Waals surface area contributed by atoms with E-state index < -0.39 is 17.7 Å². The maximum absolute atomic E-state index is 14.1. The van der Waals surface area contributed by atoms with Crippen molar-refractivity contribution in [2.24, 2.45) is 0 Å². The Morgan fingerprint density at radius 3 is 2.35 bits per heavy atom. The summed E-state index contributed by atoms with van der Waals surface area (Å²) in [4.78, 5) is 0. The molecule has 1 nitrogen and oxygen atoms in total. The average molecular weight is 425 g/mol. The zero-order chi connectivity index (χ0) is 14.9. The van der Waals surface area contributed by atoms with E-state index in [1.807, 2.05) is 0 Å². The van der Waals surface area contributed by atoms with E-state index in [2.05, 4.69) is 37.2 Å². The smallest absolute Gasteiger partial charge is 0.137 e. The first-order valence-corrected chi connectivity index (χ1v) is 7.67. The molecule has 0 radical (unpaired) electrons.